The standard InChI is InChI=1S/C12H16BrNO2S/c1-12(2,7-15)6-14-11(16)9-5-8(17)3-4-10(9)13/h3-5,15,17H,6-7H2,1-2H3,(H,14,16). The predicted octanol–water partition coefficient (Wildman–Crippen LogP) is 2.49. The molecule has 1 rings (SSSR count). The van der Waals surface area contributed by atoms with Crippen molar-refractivity contribution in [1.29, 1.82) is 0 Å². The summed E-state index contributed by atoms with van der Waals surface area (Å²) in [4.78, 5) is 12.7. The van der Waals surface area contributed by atoms with Gasteiger partial charge in [-0.3, -0.25) is 4.79 Å². The fraction of sp³-hybridized carbons (Fsp3) is 0.417. The van der Waals surface area contributed by atoms with Crippen LogP contribution in [0.3, 0.4) is 0 Å². The van der Waals surface area contributed by atoms with Crippen LogP contribution in [-0.2, 0) is 0 Å². The first-order valence-electron chi connectivity index (χ1n) is 5.23. The summed E-state index contributed by atoms with van der Waals surface area (Å²) < 4.78 is 0.731. The Morgan fingerprint density at radius 3 is 2.76 bits per heavy atom. The van der Waals surface area contributed by atoms with Gasteiger partial charge in [-0.25, -0.2) is 0 Å². The lowest BCUT2D eigenvalue weighted by molar-refractivity contribution is 0.0910. The number of aliphatic hydroxyl groups is 1. The maximum absolute atomic E-state index is 11.9. The molecule has 0 saturated heterocycles. The SMILES string of the molecule is CC(C)(CO)CNC(=O)c1cc(S)ccc1Br. The van der Waals surface area contributed by atoms with Crippen LogP contribution in [0.5, 0.6) is 0 Å². The van der Waals surface area contributed by atoms with Gasteiger partial charge in [-0.15, -0.1) is 12.6 Å². The lowest BCUT2D eigenvalue weighted by atomic mass is 9.95. The van der Waals surface area contributed by atoms with Crippen molar-refractivity contribution in [3.05, 3.63) is 28.2 Å². The predicted molar refractivity (Wildman–Crippen MR) is 74.6 cm³/mol. The van der Waals surface area contributed by atoms with Crippen LogP contribution in [-0.4, -0.2) is 24.2 Å². The van der Waals surface area contributed by atoms with E-state index in [2.05, 4.69) is 33.9 Å². The molecular weight excluding hydrogens is 302 g/mol. The Balaban J connectivity index is 2.74. The molecule has 0 aliphatic carbocycles. The summed E-state index contributed by atoms with van der Waals surface area (Å²) >= 11 is 7.52. The minimum Gasteiger partial charge on any atom is -0.396 e. The molecule has 0 atom stereocenters. The first-order valence-corrected chi connectivity index (χ1v) is 6.47. The lowest BCUT2D eigenvalue weighted by Crippen LogP contribution is -2.36. The second-order valence-electron chi connectivity index (χ2n) is 4.67. The third-order valence-corrected chi connectivity index (χ3v) is 3.32. The Bertz CT molecular complexity index is 421. The highest BCUT2D eigenvalue weighted by atomic mass is 79.9. The largest absolute Gasteiger partial charge is 0.396 e. The zero-order valence-electron chi connectivity index (χ0n) is 9.83. The fourth-order valence-electron chi connectivity index (χ4n) is 1.16. The van der Waals surface area contributed by atoms with E-state index in [1.165, 1.54) is 0 Å². The van der Waals surface area contributed by atoms with Gasteiger partial charge in [-0.2, -0.15) is 0 Å². The molecule has 0 spiro atoms. The fourth-order valence-corrected chi connectivity index (χ4v) is 1.79. The van der Waals surface area contributed by atoms with E-state index in [0.717, 1.165) is 9.37 Å². The topological polar surface area (TPSA) is 49.3 Å². The Morgan fingerprint density at radius 1 is 1.53 bits per heavy atom. The number of nitrogens with one attached hydrogen (secondary N) is 1. The summed E-state index contributed by atoms with van der Waals surface area (Å²) in [5, 5.41) is 11.9. The Hall–Kier alpha value is -0.520. The summed E-state index contributed by atoms with van der Waals surface area (Å²) in [5.74, 6) is -0.172. The van der Waals surface area contributed by atoms with Crippen LogP contribution in [0, 0.1) is 5.41 Å². The van der Waals surface area contributed by atoms with Crippen LogP contribution in [0.25, 0.3) is 0 Å². The van der Waals surface area contributed by atoms with E-state index in [1.54, 1.807) is 12.1 Å². The highest BCUT2D eigenvalue weighted by Gasteiger charge is 2.18. The summed E-state index contributed by atoms with van der Waals surface area (Å²) in [6, 6.07) is 5.30. The van der Waals surface area contributed by atoms with Gasteiger partial charge in [-0.1, -0.05) is 13.8 Å². The van der Waals surface area contributed by atoms with Crippen molar-refractivity contribution < 1.29 is 9.90 Å². The van der Waals surface area contributed by atoms with Crippen molar-refractivity contribution in [2.75, 3.05) is 13.2 Å². The van der Waals surface area contributed by atoms with Gasteiger partial charge in [0.05, 0.1) is 5.56 Å². The van der Waals surface area contributed by atoms with E-state index in [9.17, 15) is 4.79 Å². The number of hydrogen-bond acceptors (Lipinski definition) is 3. The molecule has 1 aromatic carbocycles. The highest BCUT2D eigenvalue weighted by Crippen LogP contribution is 2.20. The van der Waals surface area contributed by atoms with Gasteiger partial charge in [0, 0.05) is 27.9 Å². The average Bonchev–Trinajstić information content (AvgIpc) is 2.29. The van der Waals surface area contributed by atoms with Gasteiger partial charge >= 0.3 is 0 Å². The number of halogens is 1. The summed E-state index contributed by atoms with van der Waals surface area (Å²) in [6.45, 7) is 4.22. The number of carbonyl (C=O) groups excluding carboxylic acids is 1. The first-order chi connectivity index (χ1) is 7.85. The van der Waals surface area contributed by atoms with E-state index in [-0.39, 0.29) is 17.9 Å². The molecule has 1 amide bonds. The molecule has 0 aromatic heterocycles. The van der Waals surface area contributed by atoms with E-state index in [1.807, 2.05) is 19.9 Å². The summed E-state index contributed by atoms with van der Waals surface area (Å²) in [7, 11) is 0. The number of benzene rings is 1. The number of rotatable bonds is 4. The molecule has 0 saturated carbocycles. The van der Waals surface area contributed by atoms with Gasteiger partial charge < -0.3 is 10.4 Å². The van der Waals surface area contributed by atoms with Crippen LogP contribution in [0.1, 0.15) is 24.2 Å². The zero-order valence-corrected chi connectivity index (χ0v) is 12.3. The van der Waals surface area contributed by atoms with Crippen molar-refractivity contribution >= 4 is 34.5 Å². The molecule has 17 heavy (non-hydrogen) atoms. The molecule has 3 nitrogen and oxygen atoms in total. The van der Waals surface area contributed by atoms with Gasteiger partial charge in [0.1, 0.15) is 0 Å². The van der Waals surface area contributed by atoms with Crippen LogP contribution >= 0.6 is 28.6 Å². The molecule has 0 radical (unpaired) electrons. The number of aliphatic hydroxyl groups excluding tert-OH is 1. The molecule has 1 aromatic rings. The molecular formula is C12H16BrNO2S. The monoisotopic (exact) mass is 317 g/mol. The normalized spacial score (nSPS) is 11.4. The van der Waals surface area contributed by atoms with E-state index >= 15 is 0 Å². The van der Waals surface area contributed by atoms with E-state index in [4.69, 9.17) is 5.11 Å². The first kappa shape index (κ1) is 14.5. The Labute approximate surface area is 115 Å². The van der Waals surface area contributed by atoms with E-state index < -0.39 is 0 Å². The van der Waals surface area contributed by atoms with Gasteiger partial charge in [0.2, 0.25) is 0 Å². The van der Waals surface area contributed by atoms with E-state index in [0.29, 0.717) is 12.1 Å². The minimum atomic E-state index is -0.319. The number of hydrogen-bond donors (Lipinski definition) is 3. The van der Waals surface area contributed by atoms with Gasteiger partial charge in [-0.05, 0) is 34.1 Å². The van der Waals surface area contributed by atoms with Crippen LogP contribution < -0.4 is 5.32 Å². The second kappa shape index (κ2) is 5.89. The third kappa shape index (κ3) is 4.33. The van der Waals surface area contributed by atoms with Crippen LogP contribution in [0.2, 0.25) is 0 Å². The van der Waals surface area contributed by atoms with Crippen molar-refractivity contribution in [1.82, 2.24) is 5.32 Å². The van der Waals surface area contributed by atoms with Gasteiger partial charge in [0.15, 0.2) is 0 Å². The zero-order chi connectivity index (χ0) is 13.1. The Kier molecular flexibility index (Phi) is 5.04. The van der Waals surface area contributed by atoms with Crippen molar-refractivity contribution in [3.8, 4) is 0 Å². The molecule has 0 heterocycles. The molecule has 94 valence electrons. The molecule has 0 unspecified atom stereocenters. The maximum Gasteiger partial charge on any atom is 0.252 e. The molecule has 0 aliphatic heterocycles. The van der Waals surface area contributed by atoms with Crippen molar-refractivity contribution in [2.45, 2.75) is 18.7 Å². The number of amides is 1. The Morgan fingerprint density at radius 2 is 2.18 bits per heavy atom. The smallest absolute Gasteiger partial charge is 0.252 e. The quantitative estimate of drug-likeness (QED) is 0.747. The molecule has 2 N–H and O–H groups in total. The lowest BCUT2D eigenvalue weighted by Gasteiger charge is -2.22. The minimum absolute atomic E-state index is 0.0288. The molecule has 0 fully saturated rings. The number of thiol groups is 1. The maximum atomic E-state index is 11.9. The van der Waals surface area contributed by atoms with Crippen LogP contribution in [0.15, 0.2) is 27.6 Å². The summed E-state index contributed by atoms with van der Waals surface area (Å²) in [5.41, 5.74) is 0.229. The van der Waals surface area contributed by atoms with Gasteiger partial charge in [0.25, 0.3) is 5.91 Å². The van der Waals surface area contributed by atoms with Crippen LogP contribution in [0.4, 0.5) is 0 Å². The molecule has 0 aliphatic rings. The van der Waals surface area contributed by atoms with Crippen molar-refractivity contribution in [2.24, 2.45) is 5.41 Å². The second-order valence-corrected chi connectivity index (χ2v) is 6.04. The average molecular weight is 318 g/mol. The van der Waals surface area contributed by atoms with Crippen molar-refractivity contribution in [3.63, 3.8) is 0 Å². The third-order valence-electron chi connectivity index (χ3n) is 2.35. The number of carbonyl (C=O) groups is 1. The summed E-state index contributed by atoms with van der Waals surface area (Å²) in [6.07, 6.45) is 0. The highest BCUT2D eigenvalue weighted by molar-refractivity contribution is 9.10. The molecule has 0 bridgehead atoms. The molecule has 5 heteroatoms.